The van der Waals surface area contributed by atoms with E-state index in [0.717, 1.165) is 37.7 Å². The molecule has 0 radical (unpaired) electrons. The smallest absolute Gasteiger partial charge is 0.267 e. The number of ether oxygens (including phenoxy) is 2. The van der Waals surface area contributed by atoms with E-state index in [4.69, 9.17) is 15.2 Å². The Morgan fingerprint density at radius 3 is 2.66 bits per heavy atom. The van der Waals surface area contributed by atoms with Crippen molar-refractivity contribution in [3.05, 3.63) is 58.8 Å². The summed E-state index contributed by atoms with van der Waals surface area (Å²) in [4.78, 5) is 31.4. The molecule has 0 bridgehead atoms. The second-order valence-electron chi connectivity index (χ2n) is 8.32. The van der Waals surface area contributed by atoms with E-state index in [1.807, 2.05) is 6.92 Å². The molecule has 2 aliphatic rings. The lowest BCUT2D eigenvalue weighted by Crippen LogP contribution is -2.40. The Labute approximate surface area is 208 Å². The number of amides is 2. The van der Waals surface area contributed by atoms with Crippen molar-refractivity contribution >= 4 is 40.5 Å². The highest BCUT2D eigenvalue weighted by Gasteiger charge is 2.38. The molecule has 1 saturated heterocycles. The van der Waals surface area contributed by atoms with Gasteiger partial charge in [-0.25, -0.2) is 9.38 Å². The highest BCUT2D eigenvalue weighted by Crippen LogP contribution is 2.39. The third-order valence-corrected chi connectivity index (χ3v) is 6.76. The maximum absolute atomic E-state index is 14.3. The summed E-state index contributed by atoms with van der Waals surface area (Å²) in [6, 6.07) is 11.5. The van der Waals surface area contributed by atoms with Crippen LogP contribution in [0.15, 0.2) is 52.4 Å². The first kappa shape index (κ1) is 24.8. The molecule has 2 fully saturated rings. The molecule has 4 rings (SSSR count). The van der Waals surface area contributed by atoms with Gasteiger partial charge in [-0.15, -0.1) is 0 Å². The summed E-state index contributed by atoms with van der Waals surface area (Å²) < 4.78 is 25.4. The number of nitrogens with two attached hydrogens (primary N) is 1. The minimum Gasteiger partial charge on any atom is -0.490 e. The molecular weight excluding hydrogens is 469 g/mol. The third-order valence-electron chi connectivity index (χ3n) is 5.78. The molecule has 2 amide bonds. The average molecular weight is 498 g/mol. The first-order valence-electron chi connectivity index (χ1n) is 11.7. The number of benzene rings is 2. The standard InChI is InChI=1S/C26H28FN3O4S/c1-2-33-22-14-17(12-13-21(22)34-16-24(28)31)15-23-25(32)30(18-8-4-3-5-9-18)26(35-23)29-20-11-7-6-10-19(20)27/h6-7,10-15,18H,2-5,8-9,16H2,1H3,(H2,28,31)/b23-15-,29-26?. The van der Waals surface area contributed by atoms with Crippen LogP contribution in [0.2, 0.25) is 0 Å². The number of aliphatic imine (C=N–C) groups is 1. The number of amidine groups is 1. The summed E-state index contributed by atoms with van der Waals surface area (Å²) in [6.45, 7) is 1.98. The van der Waals surface area contributed by atoms with E-state index in [2.05, 4.69) is 4.99 Å². The van der Waals surface area contributed by atoms with Gasteiger partial charge >= 0.3 is 0 Å². The molecule has 1 aliphatic heterocycles. The van der Waals surface area contributed by atoms with Crippen LogP contribution in [0.5, 0.6) is 11.5 Å². The maximum Gasteiger partial charge on any atom is 0.267 e. The minimum absolute atomic E-state index is 0.0451. The third kappa shape index (κ3) is 6.03. The molecule has 0 aromatic heterocycles. The van der Waals surface area contributed by atoms with E-state index < -0.39 is 11.7 Å². The van der Waals surface area contributed by atoms with Gasteiger partial charge in [0.05, 0.1) is 11.5 Å². The van der Waals surface area contributed by atoms with Crippen LogP contribution < -0.4 is 15.2 Å². The van der Waals surface area contributed by atoms with Crippen molar-refractivity contribution in [3.8, 4) is 11.5 Å². The first-order chi connectivity index (χ1) is 17.0. The van der Waals surface area contributed by atoms with E-state index in [9.17, 15) is 14.0 Å². The Morgan fingerprint density at radius 2 is 1.94 bits per heavy atom. The van der Waals surface area contributed by atoms with Crippen molar-refractivity contribution in [2.24, 2.45) is 10.7 Å². The summed E-state index contributed by atoms with van der Waals surface area (Å²) >= 11 is 1.24. The molecule has 1 saturated carbocycles. The van der Waals surface area contributed by atoms with Gasteiger partial charge in [-0.1, -0.05) is 37.5 Å². The summed E-state index contributed by atoms with van der Waals surface area (Å²) in [5, 5.41) is 0.490. The number of para-hydroxylation sites is 1. The highest BCUT2D eigenvalue weighted by atomic mass is 32.2. The predicted octanol–water partition coefficient (Wildman–Crippen LogP) is 5.03. The van der Waals surface area contributed by atoms with Crippen molar-refractivity contribution < 1.29 is 23.5 Å². The molecule has 9 heteroatoms. The Kier molecular flexibility index (Phi) is 8.07. The number of thioether (sulfide) groups is 1. The van der Waals surface area contributed by atoms with Crippen molar-refractivity contribution in [1.29, 1.82) is 0 Å². The average Bonchev–Trinajstić information content (AvgIpc) is 3.15. The Hall–Kier alpha value is -3.33. The lowest BCUT2D eigenvalue weighted by molar-refractivity contribution is -0.124. The van der Waals surface area contributed by atoms with Gasteiger partial charge in [-0.3, -0.25) is 14.5 Å². The molecule has 0 spiro atoms. The van der Waals surface area contributed by atoms with Crippen LogP contribution in [0.4, 0.5) is 10.1 Å². The van der Waals surface area contributed by atoms with E-state index >= 15 is 0 Å². The molecule has 2 aromatic rings. The van der Waals surface area contributed by atoms with Crippen molar-refractivity contribution in [2.45, 2.75) is 45.1 Å². The van der Waals surface area contributed by atoms with Crippen LogP contribution in [-0.4, -0.2) is 41.1 Å². The van der Waals surface area contributed by atoms with E-state index in [1.165, 1.54) is 17.8 Å². The number of halogens is 1. The first-order valence-corrected chi connectivity index (χ1v) is 12.5. The van der Waals surface area contributed by atoms with E-state index in [0.29, 0.717) is 28.2 Å². The maximum atomic E-state index is 14.3. The molecule has 35 heavy (non-hydrogen) atoms. The number of nitrogens with zero attached hydrogens (tertiary/aromatic N) is 2. The van der Waals surface area contributed by atoms with Crippen LogP contribution in [0.3, 0.4) is 0 Å². The van der Waals surface area contributed by atoms with Crippen molar-refractivity contribution in [1.82, 2.24) is 4.90 Å². The summed E-state index contributed by atoms with van der Waals surface area (Å²) in [5.74, 6) is -0.311. The Morgan fingerprint density at radius 1 is 1.17 bits per heavy atom. The van der Waals surface area contributed by atoms with Crippen molar-refractivity contribution in [3.63, 3.8) is 0 Å². The number of rotatable bonds is 8. The summed E-state index contributed by atoms with van der Waals surface area (Å²) in [5.41, 5.74) is 6.11. The van der Waals surface area contributed by atoms with E-state index in [1.54, 1.807) is 47.4 Å². The van der Waals surface area contributed by atoms with Gasteiger partial charge in [0.25, 0.3) is 11.8 Å². The quantitative estimate of drug-likeness (QED) is 0.517. The number of carbonyl (C=O) groups excluding carboxylic acids is 2. The molecular formula is C26H28FN3O4S. The van der Waals surface area contributed by atoms with Crippen LogP contribution in [0.1, 0.15) is 44.6 Å². The van der Waals surface area contributed by atoms with Gasteiger partial charge in [-0.2, -0.15) is 0 Å². The number of carbonyl (C=O) groups is 2. The molecule has 0 atom stereocenters. The molecule has 2 N–H and O–H groups in total. The number of primary amides is 1. The van der Waals surface area contributed by atoms with Gasteiger partial charge in [0.2, 0.25) is 0 Å². The van der Waals surface area contributed by atoms with Gasteiger partial charge in [0.15, 0.2) is 23.3 Å². The lowest BCUT2D eigenvalue weighted by Gasteiger charge is -2.30. The fourth-order valence-electron chi connectivity index (χ4n) is 4.17. The topological polar surface area (TPSA) is 94.2 Å². The van der Waals surface area contributed by atoms with Gasteiger partial charge < -0.3 is 15.2 Å². The zero-order valence-electron chi connectivity index (χ0n) is 19.5. The molecule has 1 heterocycles. The zero-order chi connectivity index (χ0) is 24.8. The Balaban J connectivity index is 1.67. The lowest BCUT2D eigenvalue weighted by atomic mass is 9.94. The summed E-state index contributed by atoms with van der Waals surface area (Å²) in [6.07, 6.45) is 6.82. The predicted molar refractivity (Wildman–Crippen MR) is 135 cm³/mol. The minimum atomic E-state index is -0.587. The van der Waals surface area contributed by atoms with Gasteiger partial charge in [0, 0.05) is 6.04 Å². The van der Waals surface area contributed by atoms with Gasteiger partial charge in [-0.05, 0) is 67.4 Å². The second-order valence-corrected chi connectivity index (χ2v) is 9.33. The fraction of sp³-hybridized carbons (Fsp3) is 0.346. The summed E-state index contributed by atoms with van der Waals surface area (Å²) in [7, 11) is 0. The molecule has 1 aliphatic carbocycles. The number of hydrogen-bond acceptors (Lipinski definition) is 6. The molecule has 7 nitrogen and oxygen atoms in total. The Bertz CT molecular complexity index is 1160. The molecule has 2 aromatic carbocycles. The van der Waals surface area contributed by atoms with Crippen molar-refractivity contribution in [2.75, 3.05) is 13.2 Å². The van der Waals surface area contributed by atoms with Gasteiger partial charge in [0.1, 0.15) is 11.5 Å². The zero-order valence-corrected chi connectivity index (χ0v) is 20.4. The molecule has 0 unspecified atom stereocenters. The number of hydrogen-bond donors (Lipinski definition) is 1. The SMILES string of the molecule is CCOc1cc(/C=C2\SC(=Nc3ccccc3F)N(C3CCCCC3)C2=O)ccc1OCC(N)=O. The largest absolute Gasteiger partial charge is 0.490 e. The van der Waals surface area contributed by atoms with Crippen LogP contribution in [0.25, 0.3) is 6.08 Å². The normalized spacial score (nSPS) is 18.9. The highest BCUT2D eigenvalue weighted by molar-refractivity contribution is 8.18. The monoisotopic (exact) mass is 497 g/mol. The second kappa shape index (κ2) is 11.4. The van der Waals surface area contributed by atoms with E-state index in [-0.39, 0.29) is 24.2 Å². The van der Waals surface area contributed by atoms with Crippen LogP contribution >= 0.6 is 11.8 Å². The van der Waals surface area contributed by atoms with Crippen LogP contribution in [0, 0.1) is 5.82 Å². The molecule has 184 valence electrons. The van der Waals surface area contributed by atoms with Crippen LogP contribution in [-0.2, 0) is 9.59 Å². The fourth-order valence-corrected chi connectivity index (χ4v) is 5.23.